The van der Waals surface area contributed by atoms with Gasteiger partial charge in [0, 0.05) is 25.2 Å². The van der Waals surface area contributed by atoms with Gasteiger partial charge in [-0.3, -0.25) is 4.90 Å². The Morgan fingerprint density at radius 1 is 1.11 bits per heavy atom. The number of rotatable bonds is 2. The van der Waals surface area contributed by atoms with E-state index in [0.717, 1.165) is 18.9 Å². The van der Waals surface area contributed by atoms with E-state index in [4.69, 9.17) is 5.73 Å². The molecule has 1 aromatic heterocycles. The average molecular weight is 247 g/mol. The highest BCUT2D eigenvalue weighted by molar-refractivity contribution is 5.46. The third kappa shape index (κ3) is 2.41. The third-order valence-corrected chi connectivity index (χ3v) is 4.07. The number of aromatic nitrogens is 2. The lowest BCUT2D eigenvalue weighted by Gasteiger charge is -2.32. The summed E-state index contributed by atoms with van der Waals surface area (Å²) in [5.41, 5.74) is 5.72. The van der Waals surface area contributed by atoms with E-state index in [1.165, 1.54) is 38.8 Å². The number of hydrogen-bond donors (Lipinski definition) is 1. The number of anilines is 2. The average Bonchev–Trinajstić information content (AvgIpc) is 2.89. The van der Waals surface area contributed by atoms with Gasteiger partial charge in [0.1, 0.15) is 18.0 Å². The van der Waals surface area contributed by atoms with Gasteiger partial charge in [-0.2, -0.15) is 0 Å². The van der Waals surface area contributed by atoms with Crippen LogP contribution in [0.2, 0.25) is 0 Å². The molecule has 2 aliphatic heterocycles. The monoisotopic (exact) mass is 247 g/mol. The van der Waals surface area contributed by atoms with E-state index in [2.05, 4.69) is 19.8 Å². The maximum atomic E-state index is 5.72. The van der Waals surface area contributed by atoms with Crippen LogP contribution in [-0.4, -0.2) is 47.1 Å². The van der Waals surface area contributed by atoms with Gasteiger partial charge < -0.3 is 10.6 Å². The van der Waals surface area contributed by atoms with Crippen LogP contribution in [-0.2, 0) is 0 Å². The van der Waals surface area contributed by atoms with Crippen molar-refractivity contribution in [3.63, 3.8) is 0 Å². The number of likely N-dealkylation sites (tertiary alicyclic amines) is 1. The lowest BCUT2D eigenvalue weighted by Crippen LogP contribution is -2.40. The second kappa shape index (κ2) is 5.10. The molecule has 0 bridgehead atoms. The van der Waals surface area contributed by atoms with Crippen LogP contribution < -0.4 is 10.6 Å². The molecule has 2 aliphatic rings. The molecule has 1 atom stereocenters. The van der Waals surface area contributed by atoms with Crippen molar-refractivity contribution in [1.82, 2.24) is 14.9 Å². The summed E-state index contributed by atoms with van der Waals surface area (Å²) in [5.74, 6) is 1.53. The topological polar surface area (TPSA) is 58.3 Å². The number of nitrogens with two attached hydrogens (primary N) is 1. The Bertz CT molecular complexity index is 402. The predicted molar refractivity (Wildman–Crippen MR) is 72.5 cm³/mol. The van der Waals surface area contributed by atoms with Crippen LogP contribution in [0.15, 0.2) is 12.4 Å². The number of nitrogen functional groups attached to an aromatic ring is 1. The Morgan fingerprint density at radius 2 is 1.94 bits per heavy atom. The van der Waals surface area contributed by atoms with Crippen molar-refractivity contribution in [2.75, 3.05) is 36.8 Å². The predicted octanol–water partition coefficient (Wildman–Crippen LogP) is 1.12. The molecule has 18 heavy (non-hydrogen) atoms. The van der Waals surface area contributed by atoms with E-state index in [0.29, 0.717) is 11.9 Å². The molecule has 0 aromatic carbocycles. The molecule has 2 N–H and O–H groups in total. The summed E-state index contributed by atoms with van der Waals surface area (Å²) in [4.78, 5) is 13.2. The molecule has 1 aromatic rings. The van der Waals surface area contributed by atoms with Crippen LogP contribution in [0.5, 0.6) is 0 Å². The van der Waals surface area contributed by atoms with Gasteiger partial charge in [-0.25, -0.2) is 9.97 Å². The third-order valence-electron chi connectivity index (χ3n) is 4.07. The molecule has 1 unspecified atom stereocenters. The summed E-state index contributed by atoms with van der Waals surface area (Å²) in [6.07, 6.45) is 6.91. The van der Waals surface area contributed by atoms with E-state index < -0.39 is 0 Å². The summed E-state index contributed by atoms with van der Waals surface area (Å²) in [7, 11) is 0. The van der Waals surface area contributed by atoms with Gasteiger partial charge in [0.15, 0.2) is 0 Å². The fraction of sp³-hybridized carbons (Fsp3) is 0.692. The van der Waals surface area contributed by atoms with E-state index in [1.54, 1.807) is 6.33 Å². The molecule has 0 saturated carbocycles. The molecule has 5 heteroatoms. The molecule has 0 aliphatic carbocycles. The highest BCUT2D eigenvalue weighted by Crippen LogP contribution is 2.24. The summed E-state index contributed by atoms with van der Waals surface area (Å²) >= 11 is 0. The van der Waals surface area contributed by atoms with Crippen molar-refractivity contribution in [2.45, 2.75) is 31.7 Å². The van der Waals surface area contributed by atoms with Crippen molar-refractivity contribution in [2.24, 2.45) is 0 Å². The highest BCUT2D eigenvalue weighted by Gasteiger charge is 2.29. The van der Waals surface area contributed by atoms with Crippen molar-refractivity contribution in [1.29, 1.82) is 0 Å². The van der Waals surface area contributed by atoms with Crippen molar-refractivity contribution >= 4 is 11.6 Å². The maximum absolute atomic E-state index is 5.72. The zero-order valence-corrected chi connectivity index (χ0v) is 10.8. The number of piperidine rings is 1. The van der Waals surface area contributed by atoms with Crippen LogP contribution in [0.1, 0.15) is 25.7 Å². The van der Waals surface area contributed by atoms with Gasteiger partial charge in [0.05, 0.1) is 0 Å². The van der Waals surface area contributed by atoms with Crippen molar-refractivity contribution in [3.8, 4) is 0 Å². The SMILES string of the molecule is Nc1cc(N2CCC(N3CCCCC3)C2)ncn1. The molecule has 5 nitrogen and oxygen atoms in total. The minimum Gasteiger partial charge on any atom is -0.384 e. The first-order chi connectivity index (χ1) is 8.83. The van der Waals surface area contributed by atoms with E-state index >= 15 is 0 Å². The molecular formula is C13H21N5. The zero-order chi connectivity index (χ0) is 12.4. The van der Waals surface area contributed by atoms with Crippen LogP contribution in [0.25, 0.3) is 0 Å². The molecule has 2 saturated heterocycles. The van der Waals surface area contributed by atoms with Crippen LogP contribution in [0.3, 0.4) is 0 Å². The Kier molecular flexibility index (Phi) is 3.32. The quantitative estimate of drug-likeness (QED) is 0.849. The summed E-state index contributed by atoms with van der Waals surface area (Å²) < 4.78 is 0. The molecule has 0 radical (unpaired) electrons. The van der Waals surface area contributed by atoms with E-state index in [9.17, 15) is 0 Å². The van der Waals surface area contributed by atoms with Crippen LogP contribution >= 0.6 is 0 Å². The minimum absolute atomic E-state index is 0.557. The van der Waals surface area contributed by atoms with Crippen LogP contribution in [0, 0.1) is 0 Å². The second-order valence-electron chi connectivity index (χ2n) is 5.29. The maximum Gasteiger partial charge on any atom is 0.134 e. The first-order valence-electron chi connectivity index (χ1n) is 6.89. The van der Waals surface area contributed by atoms with Crippen LogP contribution in [0.4, 0.5) is 11.6 Å². The largest absolute Gasteiger partial charge is 0.384 e. The minimum atomic E-state index is 0.557. The van der Waals surface area contributed by atoms with E-state index in [1.807, 2.05) is 6.07 Å². The Balaban J connectivity index is 1.64. The highest BCUT2D eigenvalue weighted by atomic mass is 15.3. The van der Waals surface area contributed by atoms with Gasteiger partial charge in [-0.05, 0) is 32.4 Å². The molecule has 0 spiro atoms. The van der Waals surface area contributed by atoms with Gasteiger partial charge >= 0.3 is 0 Å². The summed E-state index contributed by atoms with van der Waals surface area (Å²) in [6.45, 7) is 4.70. The Labute approximate surface area is 108 Å². The molecule has 98 valence electrons. The summed E-state index contributed by atoms with van der Waals surface area (Å²) in [6, 6.07) is 2.57. The fourth-order valence-electron chi connectivity index (χ4n) is 3.07. The van der Waals surface area contributed by atoms with Gasteiger partial charge in [-0.15, -0.1) is 0 Å². The Morgan fingerprint density at radius 3 is 2.72 bits per heavy atom. The normalized spacial score (nSPS) is 25.6. The van der Waals surface area contributed by atoms with E-state index in [-0.39, 0.29) is 0 Å². The zero-order valence-electron chi connectivity index (χ0n) is 10.8. The Hall–Kier alpha value is -1.36. The first kappa shape index (κ1) is 11.7. The molecule has 0 amide bonds. The fourth-order valence-corrected chi connectivity index (χ4v) is 3.07. The molecular weight excluding hydrogens is 226 g/mol. The first-order valence-corrected chi connectivity index (χ1v) is 6.89. The number of nitrogens with zero attached hydrogens (tertiary/aromatic N) is 4. The lowest BCUT2D eigenvalue weighted by atomic mass is 10.1. The van der Waals surface area contributed by atoms with Crippen molar-refractivity contribution in [3.05, 3.63) is 12.4 Å². The van der Waals surface area contributed by atoms with Gasteiger partial charge in [0.25, 0.3) is 0 Å². The summed E-state index contributed by atoms with van der Waals surface area (Å²) in [5, 5.41) is 0. The molecule has 2 fully saturated rings. The number of hydrogen-bond acceptors (Lipinski definition) is 5. The van der Waals surface area contributed by atoms with Gasteiger partial charge in [0.2, 0.25) is 0 Å². The lowest BCUT2D eigenvalue weighted by molar-refractivity contribution is 0.175. The molecule has 3 heterocycles. The van der Waals surface area contributed by atoms with Gasteiger partial charge in [-0.1, -0.05) is 6.42 Å². The standard InChI is InChI=1S/C13H21N5/c14-12-8-13(16-10-15-12)18-7-4-11(9-18)17-5-2-1-3-6-17/h8,10-11H,1-7,9H2,(H2,14,15,16). The second-order valence-corrected chi connectivity index (χ2v) is 5.29. The smallest absolute Gasteiger partial charge is 0.134 e. The van der Waals surface area contributed by atoms with Crippen molar-refractivity contribution < 1.29 is 0 Å². The molecule has 3 rings (SSSR count).